The number of hydrogen-bond donors (Lipinski definition) is 2. The third kappa shape index (κ3) is 7.43. The van der Waals surface area contributed by atoms with Gasteiger partial charge in [0.2, 0.25) is 5.95 Å². The minimum atomic E-state index is 0.00359. The summed E-state index contributed by atoms with van der Waals surface area (Å²) in [6.07, 6.45) is 10.1. The number of unbranched alkanes of at least 4 members (excludes halogenated alkanes) is 3. The van der Waals surface area contributed by atoms with Crippen molar-refractivity contribution in [1.82, 2.24) is 15.3 Å². The molecule has 0 unspecified atom stereocenters. The molecule has 5 rings (SSSR count). The van der Waals surface area contributed by atoms with Crippen molar-refractivity contribution < 1.29 is 4.79 Å². The largest absolute Gasteiger partial charge is 0.362 e. The van der Waals surface area contributed by atoms with Gasteiger partial charge in [0.25, 0.3) is 5.91 Å². The number of aryl methyl sites for hydroxylation is 1. The van der Waals surface area contributed by atoms with Gasteiger partial charge in [-0.15, -0.1) is 0 Å². The molecule has 0 saturated heterocycles. The molecule has 2 N–H and O–H groups in total. The van der Waals surface area contributed by atoms with Gasteiger partial charge in [-0.25, -0.2) is 4.98 Å². The third-order valence-electron chi connectivity index (χ3n) is 8.16. The van der Waals surface area contributed by atoms with Crippen LogP contribution in [0.2, 0.25) is 0 Å². The number of benzene rings is 3. The molecule has 1 heterocycles. The molecule has 1 aromatic heterocycles. The van der Waals surface area contributed by atoms with Crippen LogP contribution in [-0.4, -0.2) is 42.1 Å². The zero-order valence-corrected chi connectivity index (χ0v) is 24.7. The van der Waals surface area contributed by atoms with E-state index in [0.29, 0.717) is 17.6 Å². The number of rotatable bonds is 11. The molecule has 1 saturated carbocycles. The molecule has 1 aliphatic rings. The summed E-state index contributed by atoms with van der Waals surface area (Å²) in [5.41, 5.74) is 5.37. The predicted octanol–water partition coefficient (Wildman–Crippen LogP) is 7.64. The molecule has 0 atom stereocenters. The standard InChI is InChI=1S/C35H43N5O/c1-4-5-6-7-10-25-13-15-26(16-14-25)27-17-19-28(20-18-27)34(41)36-29-21-23-30(24-22-29)37-35-38-32-12-9-8-11-31(32)33(39-35)40(2)3/h8-9,11-20,29-30H,4-7,10,21-24H2,1-3H3,(H,36,41)(H,37,38,39). The lowest BCUT2D eigenvalue weighted by molar-refractivity contribution is 0.0926. The maximum Gasteiger partial charge on any atom is 0.251 e. The molecule has 41 heavy (non-hydrogen) atoms. The minimum Gasteiger partial charge on any atom is -0.362 e. The zero-order chi connectivity index (χ0) is 28.6. The number of aromatic nitrogens is 2. The first-order valence-electron chi connectivity index (χ1n) is 15.2. The van der Waals surface area contributed by atoms with Crippen LogP contribution in [0.15, 0.2) is 72.8 Å². The molecule has 1 fully saturated rings. The molecule has 0 spiro atoms. The molecule has 6 heteroatoms. The van der Waals surface area contributed by atoms with Crippen LogP contribution in [0.5, 0.6) is 0 Å². The van der Waals surface area contributed by atoms with Crippen molar-refractivity contribution in [1.29, 1.82) is 0 Å². The Balaban J connectivity index is 1.11. The number of nitrogens with one attached hydrogen (secondary N) is 2. The second-order valence-corrected chi connectivity index (χ2v) is 11.5. The molecular weight excluding hydrogens is 506 g/mol. The smallest absolute Gasteiger partial charge is 0.251 e. The van der Waals surface area contributed by atoms with Crippen LogP contribution in [0.25, 0.3) is 22.0 Å². The SMILES string of the molecule is CCCCCCc1ccc(-c2ccc(C(=O)NC3CCC(Nc4nc(N(C)C)c5ccccc5n4)CC3)cc2)cc1. The van der Waals surface area contributed by atoms with E-state index < -0.39 is 0 Å². The molecule has 1 aliphatic carbocycles. The summed E-state index contributed by atoms with van der Waals surface area (Å²) in [7, 11) is 4.01. The van der Waals surface area contributed by atoms with Crippen molar-refractivity contribution in [3.05, 3.63) is 83.9 Å². The predicted molar refractivity (Wildman–Crippen MR) is 171 cm³/mol. The second kappa shape index (κ2) is 13.6. The summed E-state index contributed by atoms with van der Waals surface area (Å²) in [5.74, 6) is 1.59. The molecule has 0 radical (unpaired) electrons. The van der Waals surface area contributed by atoms with E-state index in [0.717, 1.165) is 54.4 Å². The van der Waals surface area contributed by atoms with Gasteiger partial charge >= 0.3 is 0 Å². The van der Waals surface area contributed by atoms with Crippen molar-refractivity contribution in [3.63, 3.8) is 0 Å². The number of anilines is 2. The van der Waals surface area contributed by atoms with Crippen LogP contribution < -0.4 is 15.5 Å². The fourth-order valence-electron chi connectivity index (χ4n) is 5.73. The Morgan fingerprint density at radius 1 is 0.805 bits per heavy atom. The monoisotopic (exact) mass is 549 g/mol. The first-order valence-corrected chi connectivity index (χ1v) is 15.2. The van der Waals surface area contributed by atoms with Gasteiger partial charge in [-0.1, -0.05) is 74.7 Å². The number of carbonyl (C=O) groups excluding carboxylic acids is 1. The van der Waals surface area contributed by atoms with Crippen LogP contribution in [0.3, 0.4) is 0 Å². The van der Waals surface area contributed by atoms with Gasteiger partial charge in [0.1, 0.15) is 5.82 Å². The second-order valence-electron chi connectivity index (χ2n) is 11.5. The van der Waals surface area contributed by atoms with E-state index in [1.807, 2.05) is 49.3 Å². The molecular formula is C35H43N5O. The number of amides is 1. The normalized spacial score (nSPS) is 16.9. The van der Waals surface area contributed by atoms with Crippen LogP contribution in [-0.2, 0) is 6.42 Å². The molecule has 0 bridgehead atoms. The minimum absolute atomic E-state index is 0.00359. The topological polar surface area (TPSA) is 70.2 Å². The summed E-state index contributed by atoms with van der Waals surface area (Å²) in [6.45, 7) is 2.25. The summed E-state index contributed by atoms with van der Waals surface area (Å²) in [4.78, 5) is 24.6. The van der Waals surface area contributed by atoms with E-state index in [4.69, 9.17) is 9.97 Å². The molecule has 1 amide bonds. The number of para-hydroxylation sites is 1. The average molecular weight is 550 g/mol. The van der Waals surface area contributed by atoms with Crippen LogP contribution in [0.4, 0.5) is 11.8 Å². The summed E-state index contributed by atoms with van der Waals surface area (Å²) in [5, 5.41) is 7.86. The summed E-state index contributed by atoms with van der Waals surface area (Å²) in [6, 6.07) is 25.4. The number of fused-ring (bicyclic) bond motifs is 1. The zero-order valence-electron chi connectivity index (χ0n) is 24.7. The quantitative estimate of drug-likeness (QED) is 0.188. The Morgan fingerprint density at radius 2 is 1.46 bits per heavy atom. The van der Waals surface area contributed by atoms with Crippen molar-refractivity contribution in [3.8, 4) is 11.1 Å². The molecule has 0 aliphatic heterocycles. The third-order valence-corrected chi connectivity index (χ3v) is 8.16. The lowest BCUT2D eigenvalue weighted by Crippen LogP contribution is -2.40. The molecule has 6 nitrogen and oxygen atoms in total. The fraction of sp³-hybridized carbons (Fsp3) is 0.400. The first kappa shape index (κ1) is 28.6. The lowest BCUT2D eigenvalue weighted by atomic mass is 9.91. The van der Waals surface area contributed by atoms with E-state index in [9.17, 15) is 4.79 Å². The number of carbonyl (C=O) groups is 1. The summed E-state index contributed by atoms with van der Waals surface area (Å²) < 4.78 is 0. The Bertz CT molecular complexity index is 1420. The average Bonchev–Trinajstić information content (AvgIpc) is 3.00. The van der Waals surface area contributed by atoms with E-state index in [-0.39, 0.29) is 11.9 Å². The first-order chi connectivity index (χ1) is 20.0. The van der Waals surface area contributed by atoms with Gasteiger partial charge in [0, 0.05) is 37.1 Å². The van der Waals surface area contributed by atoms with Crippen LogP contribution in [0, 0.1) is 0 Å². The van der Waals surface area contributed by atoms with E-state index in [1.165, 1.54) is 36.8 Å². The Labute approximate surface area is 244 Å². The van der Waals surface area contributed by atoms with E-state index in [2.05, 4.69) is 60.0 Å². The molecule has 4 aromatic rings. The van der Waals surface area contributed by atoms with Gasteiger partial charge in [-0.2, -0.15) is 4.98 Å². The molecule has 3 aromatic carbocycles. The fourth-order valence-corrected chi connectivity index (χ4v) is 5.73. The van der Waals surface area contributed by atoms with Gasteiger partial charge in [0.05, 0.1) is 5.52 Å². The van der Waals surface area contributed by atoms with Crippen LogP contribution >= 0.6 is 0 Å². The van der Waals surface area contributed by atoms with Crippen molar-refractivity contribution >= 4 is 28.6 Å². The molecule has 214 valence electrons. The van der Waals surface area contributed by atoms with Gasteiger partial charge < -0.3 is 15.5 Å². The van der Waals surface area contributed by atoms with Crippen molar-refractivity contribution in [2.45, 2.75) is 76.8 Å². The van der Waals surface area contributed by atoms with Gasteiger partial charge in [-0.3, -0.25) is 4.79 Å². The number of nitrogens with zero attached hydrogens (tertiary/aromatic N) is 3. The highest BCUT2D eigenvalue weighted by molar-refractivity contribution is 5.95. The van der Waals surface area contributed by atoms with E-state index >= 15 is 0 Å². The van der Waals surface area contributed by atoms with Gasteiger partial charge in [0.15, 0.2) is 0 Å². The number of hydrogen-bond acceptors (Lipinski definition) is 5. The Morgan fingerprint density at radius 3 is 2.15 bits per heavy atom. The highest BCUT2D eigenvalue weighted by Crippen LogP contribution is 2.27. The maximum absolute atomic E-state index is 13.0. The highest BCUT2D eigenvalue weighted by atomic mass is 16.1. The Kier molecular flexibility index (Phi) is 9.50. The van der Waals surface area contributed by atoms with Crippen molar-refractivity contribution in [2.75, 3.05) is 24.3 Å². The van der Waals surface area contributed by atoms with Crippen molar-refractivity contribution in [2.24, 2.45) is 0 Å². The maximum atomic E-state index is 13.0. The van der Waals surface area contributed by atoms with Crippen LogP contribution in [0.1, 0.15) is 74.2 Å². The van der Waals surface area contributed by atoms with Gasteiger partial charge in [-0.05, 0) is 79.5 Å². The highest BCUT2D eigenvalue weighted by Gasteiger charge is 2.24. The van der Waals surface area contributed by atoms with E-state index in [1.54, 1.807) is 0 Å². The summed E-state index contributed by atoms with van der Waals surface area (Å²) >= 11 is 0. The Hall–Kier alpha value is -3.93. The lowest BCUT2D eigenvalue weighted by Gasteiger charge is -2.30.